The van der Waals surface area contributed by atoms with E-state index in [0.717, 1.165) is 9.99 Å². The van der Waals surface area contributed by atoms with Crippen LogP contribution in [0.3, 0.4) is 0 Å². The highest BCUT2D eigenvalue weighted by Crippen LogP contribution is 2.27. The molecule has 0 heterocycles. The Labute approximate surface area is 124 Å². The van der Waals surface area contributed by atoms with Crippen LogP contribution in [0.15, 0.2) is 18.2 Å². The topological polar surface area (TPSA) is 86.6 Å². The summed E-state index contributed by atoms with van der Waals surface area (Å²) in [6.07, 6.45) is 2.03. The first-order valence-electron chi connectivity index (χ1n) is 6.01. The van der Waals surface area contributed by atoms with Crippen molar-refractivity contribution in [1.82, 2.24) is 5.32 Å². The van der Waals surface area contributed by atoms with Gasteiger partial charge in [0, 0.05) is 9.61 Å². The Morgan fingerprint density at radius 2 is 2.05 bits per heavy atom. The Bertz CT molecular complexity index is 517. The van der Waals surface area contributed by atoms with Gasteiger partial charge in [0.25, 0.3) is 5.91 Å². The number of carbonyl (C=O) groups excluding carboxylic acids is 1. The van der Waals surface area contributed by atoms with Gasteiger partial charge in [0.05, 0.1) is 11.5 Å². The molecule has 3 N–H and O–H groups in total. The average molecular weight is 375 g/mol. The van der Waals surface area contributed by atoms with E-state index < -0.39 is 17.8 Å². The zero-order chi connectivity index (χ0) is 14.0. The normalized spacial score (nSPS) is 22.2. The molecule has 0 bridgehead atoms. The fourth-order valence-corrected chi connectivity index (χ4v) is 2.86. The molecule has 2 unspecified atom stereocenters. The summed E-state index contributed by atoms with van der Waals surface area (Å²) in [5, 5.41) is 21.4. The van der Waals surface area contributed by atoms with Gasteiger partial charge in [-0.25, -0.2) is 0 Å². The molecule has 0 aliphatic heterocycles. The smallest absolute Gasteiger partial charge is 0.308 e. The highest BCUT2D eigenvalue weighted by atomic mass is 127. The summed E-state index contributed by atoms with van der Waals surface area (Å²) in [4.78, 5) is 23.1. The standard InChI is InChI=1S/C13H14INO4/c14-7-4-5-11(16)9(6-7)12(17)15-10-3-1-2-8(10)13(18)19/h4-6,8,10,16H,1-3H2,(H,15,17)(H,18,19). The van der Waals surface area contributed by atoms with Gasteiger partial charge in [-0.1, -0.05) is 6.42 Å². The molecule has 0 aromatic heterocycles. The van der Waals surface area contributed by atoms with Crippen molar-refractivity contribution in [2.75, 3.05) is 0 Å². The number of aliphatic carboxylic acids is 1. The van der Waals surface area contributed by atoms with E-state index in [2.05, 4.69) is 5.32 Å². The molecule has 1 aliphatic carbocycles. The fourth-order valence-electron chi connectivity index (χ4n) is 2.36. The van der Waals surface area contributed by atoms with Gasteiger partial charge in [-0.05, 0) is 53.6 Å². The third kappa shape index (κ3) is 3.17. The number of amides is 1. The van der Waals surface area contributed by atoms with Crippen molar-refractivity contribution in [2.45, 2.75) is 25.3 Å². The number of hydrogen-bond donors (Lipinski definition) is 3. The number of halogens is 1. The van der Waals surface area contributed by atoms with Gasteiger partial charge >= 0.3 is 5.97 Å². The van der Waals surface area contributed by atoms with Crippen LogP contribution >= 0.6 is 22.6 Å². The SMILES string of the molecule is O=C(NC1CCCC1C(=O)O)c1cc(I)ccc1O. The number of aromatic hydroxyl groups is 1. The molecule has 1 aromatic carbocycles. The third-order valence-corrected chi connectivity index (χ3v) is 4.02. The van der Waals surface area contributed by atoms with Gasteiger partial charge in [0.2, 0.25) is 0 Å². The minimum atomic E-state index is -0.880. The summed E-state index contributed by atoms with van der Waals surface area (Å²) in [5.41, 5.74) is 0.183. The lowest BCUT2D eigenvalue weighted by molar-refractivity contribution is -0.142. The summed E-state index contributed by atoms with van der Waals surface area (Å²) in [6.45, 7) is 0. The number of hydrogen-bond acceptors (Lipinski definition) is 3. The van der Waals surface area contributed by atoms with Crippen LogP contribution < -0.4 is 5.32 Å². The Kier molecular flexibility index (Phi) is 4.28. The summed E-state index contributed by atoms with van der Waals surface area (Å²) in [6, 6.07) is 4.38. The monoisotopic (exact) mass is 375 g/mol. The molecular formula is C13H14INO4. The summed E-state index contributed by atoms with van der Waals surface area (Å²) >= 11 is 2.05. The molecule has 1 aromatic rings. The maximum absolute atomic E-state index is 12.1. The molecule has 0 radical (unpaired) electrons. The lowest BCUT2D eigenvalue weighted by atomic mass is 10.0. The van der Waals surface area contributed by atoms with Crippen LogP contribution in [-0.4, -0.2) is 28.1 Å². The first-order chi connectivity index (χ1) is 8.99. The molecule has 0 spiro atoms. The quantitative estimate of drug-likeness (QED) is 0.706. The molecule has 1 aliphatic rings. The van der Waals surface area contributed by atoms with Crippen molar-refractivity contribution in [1.29, 1.82) is 0 Å². The number of nitrogens with one attached hydrogen (secondary N) is 1. The number of carboxylic acids is 1. The van der Waals surface area contributed by atoms with Gasteiger partial charge in [-0.3, -0.25) is 9.59 Å². The molecule has 1 fully saturated rings. The zero-order valence-electron chi connectivity index (χ0n) is 10.1. The van der Waals surface area contributed by atoms with Crippen molar-refractivity contribution in [2.24, 2.45) is 5.92 Å². The summed E-state index contributed by atoms with van der Waals surface area (Å²) in [5.74, 6) is -1.93. The Balaban J connectivity index is 2.12. The molecule has 6 heteroatoms. The lowest BCUT2D eigenvalue weighted by Gasteiger charge is -2.18. The minimum Gasteiger partial charge on any atom is -0.507 e. The number of benzene rings is 1. The van der Waals surface area contributed by atoms with Gasteiger partial charge in [-0.2, -0.15) is 0 Å². The summed E-state index contributed by atoms with van der Waals surface area (Å²) in [7, 11) is 0. The molecule has 5 nitrogen and oxygen atoms in total. The second-order valence-electron chi connectivity index (χ2n) is 4.62. The van der Waals surface area contributed by atoms with Crippen molar-refractivity contribution < 1.29 is 19.8 Å². The van der Waals surface area contributed by atoms with Crippen molar-refractivity contribution in [3.63, 3.8) is 0 Å². The number of phenols is 1. The van der Waals surface area contributed by atoms with E-state index in [4.69, 9.17) is 5.11 Å². The molecule has 102 valence electrons. The molecule has 1 saturated carbocycles. The Hall–Kier alpha value is -1.31. The van der Waals surface area contributed by atoms with Crippen LogP contribution in [0.4, 0.5) is 0 Å². The van der Waals surface area contributed by atoms with E-state index in [1.807, 2.05) is 22.6 Å². The van der Waals surface area contributed by atoms with E-state index >= 15 is 0 Å². The van der Waals surface area contributed by atoms with Crippen molar-refractivity contribution in [3.05, 3.63) is 27.3 Å². The van der Waals surface area contributed by atoms with E-state index in [0.29, 0.717) is 12.8 Å². The molecular weight excluding hydrogens is 361 g/mol. The minimum absolute atomic E-state index is 0.0946. The van der Waals surface area contributed by atoms with Gasteiger partial charge < -0.3 is 15.5 Å². The maximum atomic E-state index is 12.1. The average Bonchev–Trinajstić information content (AvgIpc) is 2.80. The lowest BCUT2D eigenvalue weighted by Crippen LogP contribution is -2.40. The number of carbonyl (C=O) groups is 2. The molecule has 1 amide bonds. The molecule has 0 saturated heterocycles. The first-order valence-corrected chi connectivity index (χ1v) is 7.09. The molecule has 2 atom stereocenters. The van der Waals surface area contributed by atoms with Crippen LogP contribution in [0.2, 0.25) is 0 Å². The maximum Gasteiger partial charge on any atom is 0.308 e. The third-order valence-electron chi connectivity index (χ3n) is 3.35. The zero-order valence-corrected chi connectivity index (χ0v) is 12.3. The van der Waals surface area contributed by atoms with E-state index in [9.17, 15) is 14.7 Å². The highest BCUT2D eigenvalue weighted by molar-refractivity contribution is 14.1. The number of carboxylic acid groups (broad SMARTS) is 1. The van der Waals surface area contributed by atoms with E-state index in [-0.39, 0.29) is 17.4 Å². The van der Waals surface area contributed by atoms with Crippen LogP contribution in [0.5, 0.6) is 5.75 Å². The predicted molar refractivity (Wildman–Crippen MR) is 77.1 cm³/mol. The van der Waals surface area contributed by atoms with Gasteiger partial charge in [0.15, 0.2) is 0 Å². The second kappa shape index (κ2) is 5.77. The van der Waals surface area contributed by atoms with Gasteiger partial charge in [0.1, 0.15) is 5.75 Å². The van der Waals surface area contributed by atoms with Crippen molar-refractivity contribution >= 4 is 34.5 Å². The van der Waals surface area contributed by atoms with Crippen LogP contribution in [0, 0.1) is 9.49 Å². The highest BCUT2D eigenvalue weighted by Gasteiger charge is 2.34. The van der Waals surface area contributed by atoms with Gasteiger partial charge in [-0.15, -0.1) is 0 Å². The van der Waals surface area contributed by atoms with E-state index in [1.165, 1.54) is 6.07 Å². The number of phenolic OH excluding ortho intramolecular Hbond substituents is 1. The van der Waals surface area contributed by atoms with Crippen LogP contribution in [0.1, 0.15) is 29.6 Å². The summed E-state index contributed by atoms with van der Waals surface area (Å²) < 4.78 is 0.835. The predicted octanol–water partition coefficient (Wildman–Crippen LogP) is 1.98. The largest absolute Gasteiger partial charge is 0.507 e. The van der Waals surface area contributed by atoms with Crippen LogP contribution in [0.25, 0.3) is 0 Å². The Morgan fingerprint density at radius 3 is 2.74 bits per heavy atom. The number of rotatable bonds is 3. The Morgan fingerprint density at radius 1 is 1.32 bits per heavy atom. The first kappa shape index (κ1) is 14.1. The molecule has 2 rings (SSSR count). The fraction of sp³-hybridized carbons (Fsp3) is 0.385. The van der Waals surface area contributed by atoms with Crippen LogP contribution in [-0.2, 0) is 4.79 Å². The van der Waals surface area contributed by atoms with Crippen molar-refractivity contribution in [3.8, 4) is 5.75 Å². The molecule has 19 heavy (non-hydrogen) atoms. The second-order valence-corrected chi connectivity index (χ2v) is 5.86. The van der Waals surface area contributed by atoms with E-state index in [1.54, 1.807) is 12.1 Å².